The molecule has 3 aromatic rings. The molecule has 3 aromatic carbocycles. The van der Waals surface area contributed by atoms with E-state index < -0.39 is 121 Å². The van der Waals surface area contributed by atoms with Crippen molar-refractivity contribution in [1.29, 1.82) is 0 Å². The second-order valence-electron chi connectivity index (χ2n) is 28.1. The highest BCUT2D eigenvalue weighted by molar-refractivity contribution is 5.88. The van der Waals surface area contributed by atoms with E-state index in [-0.39, 0.29) is 61.9 Å². The van der Waals surface area contributed by atoms with Crippen molar-refractivity contribution in [3.63, 3.8) is 0 Å². The fraction of sp³-hybridized carbons (Fsp3) is 0.558. The molecule has 1 aliphatic rings. The van der Waals surface area contributed by atoms with Gasteiger partial charge in [-0.25, -0.2) is 38.4 Å². The van der Waals surface area contributed by atoms with Crippen LogP contribution in [0.25, 0.3) is 0 Å². The number of amides is 2. The first kappa shape index (κ1) is 107. The van der Waals surface area contributed by atoms with Gasteiger partial charge in [0.25, 0.3) is 0 Å². The van der Waals surface area contributed by atoms with Crippen molar-refractivity contribution in [3.8, 4) is 0 Å². The molecule has 1 aliphatic heterocycles. The van der Waals surface area contributed by atoms with Crippen LogP contribution in [-0.4, -0.2) is 204 Å². The Hall–Kier alpha value is -9.32. The van der Waals surface area contributed by atoms with Gasteiger partial charge in [-0.2, -0.15) is 62.7 Å². The first-order valence-electron chi connectivity index (χ1n) is 34.5. The summed E-state index contributed by atoms with van der Waals surface area (Å²) in [5.74, 6) is -2.55. The van der Waals surface area contributed by atoms with E-state index in [1.54, 1.807) is 78.0 Å². The molecule has 0 aromatic heterocycles. The van der Waals surface area contributed by atoms with Crippen LogP contribution in [0.15, 0.2) is 137 Å². The van der Waals surface area contributed by atoms with Gasteiger partial charge in [-0.05, 0) is 153 Å². The van der Waals surface area contributed by atoms with E-state index in [9.17, 15) is 96.1 Å². The first-order chi connectivity index (χ1) is 52.1. The highest BCUT2D eigenvalue weighted by atomic mass is 19.4. The Morgan fingerprint density at radius 1 is 0.500 bits per heavy atom. The number of carbonyl (C=O) groups is 6. The zero-order valence-electron chi connectivity index (χ0n) is 66.9. The number of halogens is 12. The van der Waals surface area contributed by atoms with Crippen molar-refractivity contribution < 1.29 is 149 Å². The Bertz CT molecular complexity index is 3590. The Morgan fingerprint density at radius 3 is 1.15 bits per heavy atom. The van der Waals surface area contributed by atoms with Crippen LogP contribution in [-0.2, 0) is 105 Å². The summed E-state index contributed by atoms with van der Waals surface area (Å²) in [6, 6.07) is 24.4. The van der Waals surface area contributed by atoms with Gasteiger partial charge in [0, 0.05) is 28.8 Å². The quantitative estimate of drug-likeness (QED) is 0.00837. The third-order valence-electron chi connectivity index (χ3n) is 14.3. The Morgan fingerprint density at radius 2 is 0.833 bits per heavy atom. The molecule has 0 bridgehead atoms. The van der Waals surface area contributed by atoms with Gasteiger partial charge in [0.15, 0.2) is 12.2 Å². The normalized spacial score (nSPS) is 13.6. The fourth-order valence-electron chi connectivity index (χ4n) is 7.88. The molecule has 1 heterocycles. The predicted molar refractivity (Wildman–Crippen MR) is 393 cm³/mol. The molecular weight excluding hydrogens is 1540 g/mol. The highest BCUT2D eigenvalue weighted by Crippen LogP contribution is 2.37. The smallest absolute Gasteiger partial charge is 0.423 e. The molecule has 0 saturated carbocycles. The van der Waals surface area contributed by atoms with Crippen LogP contribution >= 0.6 is 0 Å². The molecule has 2 amide bonds. The summed E-state index contributed by atoms with van der Waals surface area (Å²) in [5, 5.41) is 22.0. The maximum absolute atomic E-state index is 13.0. The fourth-order valence-corrected chi connectivity index (χ4v) is 7.88. The predicted octanol–water partition coefficient (Wildman–Crippen LogP) is 14.0. The summed E-state index contributed by atoms with van der Waals surface area (Å²) in [6.45, 7) is 39.9. The second-order valence-corrected chi connectivity index (χ2v) is 28.1. The summed E-state index contributed by atoms with van der Waals surface area (Å²) >= 11 is 0. The van der Waals surface area contributed by atoms with Crippen LogP contribution in [0.1, 0.15) is 139 Å². The lowest BCUT2D eigenvalue weighted by Gasteiger charge is -2.32. The van der Waals surface area contributed by atoms with Crippen LogP contribution in [0.2, 0.25) is 0 Å². The van der Waals surface area contributed by atoms with Gasteiger partial charge in [-0.1, -0.05) is 105 Å². The van der Waals surface area contributed by atoms with Crippen molar-refractivity contribution in [2.75, 3.05) is 67.0 Å². The number of aliphatic imine (C=N–C) groups is 2. The molecule has 1 fully saturated rings. The van der Waals surface area contributed by atoms with Crippen LogP contribution in [0.3, 0.4) is 0 Å². The molecule has 4 unspecified atom stereocenters. The number of hydrogen-bond acceptors (Lipinski definition) is 23. The topological polar surface area (TPSA) is 325 Å². The Labute approximate surface area is 655 Å². The first-order valence-corrected chi connectivity index (χ1v) is 34.5. The van der Waals surface area contributed by atoms with E-state index in [1.165, 1.54) is 33.3 Å². The molecule has 0 radical (unpaired) electrons. The number of hydrogen-bond donors (Lipinski definition) is 4. The summed E-state index contributed by atoms with van der Waals surface area (Å²) in [7, 11) is 4.15. The minimum Gasteiger partial charge on any atom is -0.460 e. The average Bonchev–Trinajstić information content (AvgIpc) is 0.917. The molecule has 642 valence electrons. The van der Waals surface area contributed by atoms with E-state index in [1.807, 2.05) is 71.9 Å². The maximum Gasteiger partial charge on any atom is 0.423 e. The Balaban J connectivity index is 0. The molecular formula is C77H105F12N5O20. The number of ether oxygens (including phenoxy) is 10. The molecule has 4 atom stereocenters. The van der Waals surface area contributed by atoms with E-state index in [0.29, 0.717) is 35.5 Å². The number of alkyl halides is 12. The number of rotatable bonds is 33. The number of alkyl carbamates (subject to hydrolysis) is 2. The van der Waals surface area contributed by atoms with Crippen LogP contribution in [0.4, 0.5) is 62.3 Å². The van der Waals surface area contributed by atoms with Crippen LogP contribution in [0, 0.1) is 0 Å². The highest BCUT2D eigenvalue weighted by Gasteiger charge is 2.58. The largest absolute Gasteiger partial charge is 0.460 e. The molecule has 114 heavy (non-hydrogen) atoms. The van der Waals surface area contributed by atoms with Crippen LogP contribution < -0.4 is 10.6 Å². The minimum absolute atomic E-state index is 0.0569. The summed E-state index contributed by atoms with van der Waals surface area (Å²) in [6.07, 6.45) is -34.0. The van der Waals surface area contributed by atoms with Crippen molar-refractivity contribution >= 4 is 48.2 Å². The van der Waals surface area contributed by atoms with Gasteiger partial charge in [0.1, 0.15) is 38.6 Å². The van der Waals surface area contributed by atoms with E-state index in [2.05, 4.69) is 94.9 Å². The summed E-state index contributed by atoms with van der Waals surface area (Å²) in [4.78, 5) is 102. The SMILES string of the molecule is C=C(C)C(=O)OCC(COC(C)C)OC(=O)NC(C)(C)c1cccc(C(C)(C)NC(=O)OC(COC(=O)C(=C)C)COC(C(F)(F)F)C(F)(F)F)c1.C=C(C)C(=O)OCC(O)COC(C)C.C=C(C)C(=O)OCC1CO1.CC(C)(N=C=O)c1cccc(C(C)(C)N=C=O)c1.CN(C)Cc1ccccc1.OC(C(F)(F)F)C(F)(F)F. The zero-order chi connectivity index (χ0) is 88.7. The van der Waals surface area contributed by atoms with Crippen molar-refractivity contribution in [3.05, 3.63) is 155 Å². The number of nitrogens with one attached hydrogen (secondary N) is 2. The second kappa shape index (κ2) is 49.4. The monoisotopic (exact) mass is 1650 g/mol. The standard InChI is InChI=1S/C34H46F6N2O10.C14H16N2O2.C10H18O4.C9H13N.C7H10O3.C3H2F6O/c1-19(2)26(43)48-16-24(15-47-21(5)6)51-29(45)41-31(7,8)22-12-11-13-23(14-22)32(9,10)42-30(46)52-25(17-49-27(44)20(3)4)18-50-28(33(35,36)37)34(38,39)40;1-13(2,15-9-17)11-6-5-7-12(8-11)14(3,4)16-10-18;1-7(2)10(12)14-6-9(11)5-13-8(3)4;1-10(2)8-9-6-4-3-5-7-9;1-5(2)7(8)10-4-6-3-9-6;4-2(5,6)1(10)3(7,8)9/h11-14,21,24-25,28H,1,3,15-18H2,2,4-10H3,(H,41,45)(H,42,46);5-8H,1-4H3;8-9,11H,1,5-6H2,2-4H3;3-7H,8H2,1-2H3;6H,1,3-4H2,2H3;1,10H. The molecule has 0 spiro atoms. The number of carbonyl (C=O) groups excluding carboxylic acids is 8. The lowest BCUT2D eigenvalue weighted by atomic mass is 9.87. The van der Waals surface area contributed by atoms with Crippen molar-refractivity contribution in [1.82, 2.24) is 15.5 Å². The third kappa shape index (κ3) is 46.8. The van der Waals surface area contributed by atoms with Crippen molar-refractivity contribution in [2.45, 2.75) is 213 Å². The number of isocyanates is 2. The number of nitrogens with zero attached hydrogens (tertiary/aromatic N) is 3. The summed E-state index contributed by atoms with van der Waals surface area (Å²) in [5.41, 5.74) is 1.14. The van der Waals surface area contributed by atoms with Crippen molar-refractivity contribution in [2.24, 2.45) is 9.98 Å². The van der Waals surface area contributed by atoms with Gasteiger partial charge in [0.2, 0.25) is 24.4 Å². The average molecular weight is 1650 g/mol. The van der Waals surface area contributed by atoms with Gasteiger partial charge in [-0.3, -0.25) is 0 Å². The lowest BCUT2D eigenvalue weighted by molar-refractivity contribution is -0.325. The van der Waals surface area contributed by atoms with Gasteiger partial charge in [-0.15, -0.1) is 0 Å². The van der Waals surface area contributed by atoms with Crippen LogP contribution in [0.5, 0.6) is 0 Å². The molecule has 1 saturated heterocycles. The van der Waals surface area contributed by atoms with Gasteiger partial charge in [0.05, 0.1) is 60.8 Å². The number of esters is 4. The third-order valence-corrected chi connectivity index (χ3v) is 14.3. The summed E-state index contributed by atoms with van der Waals surface area (Å²) < 4.78 is 193. The number of aliphatic hydroxyl groups is 2. The lowest BCUT2D eigenvalue weighted by Crippen LogP contribution is -2.48. The van der Waals surface area contributed by atoms with E-state index in [4.69, 9.17) is 47.7 Å². The molecule has 37 heteroatoms. The number of benzene rings is 3. The van der Waals surface area contributed by atoms with Gasteiger partial charge < -0.3 is 73.1 Å². The number of aliphatic hydroxyl groups excluding tert-OH is 2. The Kier molecular flexibility index (Phi) is 46.3. The maximum atomic E-state index is 13.0. The molecule has 4 N–H and O–H groups in total. The minimum atomic E-state index is -5.84. The number of epoxide rings is 1. The molecule has 25 nitrogen and oxygen atoms in total. The van der Waals surface area contributed by atoms with E-state index in [0.717, 1.165) is 17.7 Å². The molecule has 4 rings (SSSR count). The zero-order valence-corrected chi connectivity index (χ0v) is 66.9. The molecule has 0 aliphatic carbocycles. The van der Waals surface area contributed by atoms with E-state index >= 15 is 0 Å². The van der Waals surface area contributed by atoms with Gasteiger partial charge >= 0.3 is 60.8 Å².